The van der Waals surface area contributed by atoms with Gasteiger partial charge < -0.3 is 9.47 Å². The lowest BCUT2D eigenvalue weighted by molar-refractivity contribution is 0.345. The van der Waals surface area contributed by atoms with Gasteiger partial charge in [-0.05, 0) is 59.6 Å². The minimum atomic E-state index is 0.507. The van der Waals surface area contributed by atoms with E-state index in [4.69, 9.17) is 9.47 Å². The van der Waals surface area contributed by atoms with E-state index in [-0.39, 0.29) is 0 Å². The second-order valence-corrected chi connectivity index (χ2v) is 6.42. The van der Waals surface area contributed by atoms with Gasteiger partial charge in [0.1, 0.15) is 11.5 Å². The SMILES string of the molecule is CC[C@@H]([C@H](CC)c1ccc(OC)cc1)[C@@H](C)c1ccc(OC)cc1. The van der Waals surface area contributed by atoms with Gasteiger partial charge in [-0.25, -0.2) is 0 Å². The molecule has 2 heteroatoms. The first-order valence-electron chi connectivity index (χ1n) is 8.92. The summed E-state index contributed by atoms with van der Waals surface area (Å²) in [4.78, 5) is 0. The Kier molecular flexibility index (Phi) is 6.72. The second-order valence-electron chi connectivity index (χ2n) is 6.42. The van der Waals surface area contributed by atoms with Gasteiger partial charge in [0.05, 0.1) is 14.2 Å². The summed E-state index contributed by atoms with van der Waals surface area (Å²) >= 11 is 0. The summed E-state index contributed by atoms with van der Waals surface area (Å²) in [7, 11) is 3.43. The topological polar surface area (TPSA) is 18.5 Å². The zero-order chi connectivity index (χ0) is 17.5. The van der Waals surface area contributed by atoms with E-state index in [2.05, 4.69) is 69.3 Å². The highest BCUT2D eigenvalue weighted by Gasteiger charge is 2.26. The predicted molar refractivity (Wildman–Crippen MR) is 101 cm³/mol. The molecule has 24 heavy (non-hydrogen) atoms. The third kappa shape index (κ3) is 4.11. The van der Waals surface area contributed by atoms with E-state index in [0.29, 0.717) is 17.8 Å². The standard InChI is InChI=1S/C22H30O2/c1-6-21(16(3)17-8-12-19(23-4)13-9-17)22(7-2)18-10-14-20(24-5)15-11-18/h8-16,21-22H,6-7H2,1-5H3/t16-,21+,22+/m0/s1. The van der Waals surface area contributed by atoms with Crippen molar-refractivity contribution in [2.45, 2.75) is 45.4 Å². The molecule has 2 nitrogen and oxygen atoms in total. The zero-order valence-corrected chi connectivity index (χ0v) is 15.6. The third-order valence-electron chi connectivity index (χ3n) is 5.26. The molecule has 0 radical (unpaired) electrons. The number of ether oxygens (including phenoxy) is 2. The summed E-state index contributed by atoms with van der Waals surface area (Å²) in [5, 5.41) is 0. The first-order chi connectivity index (χ1) is 11.6. The molecular formula is C22H30O2. The molecule has 0 fully saturated rings. The van der Waals surface area contributed by atoms with Gasteiger partial charge in [-0.15, -0.1) is 0 Å². The molecule has 2 rings (SSSR count). The van der Waals surface area contributed by atoms with Gasteiger partial charge in [0.2, 0.25) is 0 Å². The Balaban J connectivity index is 2.24. The molecule has 0 unspecified atom stereocenters. The van der Waals surface area contributed by atoms with Crippen LogP contribution in [0.25, 0.3) is 0 Å². The molecule has 3 atom stereocenters. The van der Waals surface area contributed by atoms with Gasteiger partial charge in [0.15, 0.2) is 0 Å². The highest BCUT2D eigenvalue weighted by atomic mass is 16.5. The minimum Gasteiger partial charge on any atom is -0.497 e. The fourth-order valence-electron chi connectivity index (χ4n) is 3.78. The summed E-state index contributed by atoms with van der Waals surface area (Å²) in [6.45, 7) is 6.94. The van der Waals surface area contributed by atoms with Crippen molar-refractivity contribution in [3.05, 3.63) is 59.7 Å². The molecule has 0 bridgehead atoms. The Labute approximate surface area is 146 Å². The fourth-order valence-corrected chi connectivity index (χ4v) is 3.78. The Hall–Kier alpha value is -1.96. The van der Waals surface area contributed by atoms with Gasteiger partial charge >= 0.3 is 0 Å². The highest BCUT2D eigenvalue weighted by molar-refractivity contribution is 5.32. The van der Waals surface area contributed by atoms with Crippen LogP contribution in [0.1, 0.15) is 56.6 Å². The lowest BCUT2D eigenvalue weighted by Gasteiger charge is -2.31. The van der Waals surface area contributed by atoms with Gasteiger partial charge in [0, 0.05) is 0 Å². The molecule has 0 aromatic heterocycles. The van der Waals surface area contributed by atoms with Gasteiger partial charge in [-0.2, -0.15) is 0 Å². The normalized spacial score (nSPS) is 14.7. The number of hydrogen-bond acceptors (Lipinski definition) is 2. The highest BCUT2D eigenvalue weighted by Crippen LogP contribution is 2.40. The van der Waals surface area contributed by atoms with E-state index >= 15 is 0 Å². The number of rotatable bonds is 8. The molecule has 0 heterocycles. The average molecular weight is 326 g/mol. The molecule has 0 aliphatic rings. The van der Waals surface area contributed by atoms with E-state index in [0.717, 1.165) is 24.3 Å². The van der Waals surface area contributed by atoms with E-state index in [1.165, 1.54) is 11.1 Å². The molecule has 0 saturated carbocycles. The van der Waals surface area contributed by atoms with Gasteiger partial charge in [-0.1, -0.05) is 51.5 Å². The minimum absolute atomic E-state index is 0.507. The van der Waals surface area contributed by atoms with Crippen LogP contribution in [0.5, 0.6) is 11.5 Å². The van der Waals surface area contributed by atoms with Crippen molar-refractivity contribution in [1.29, 1.82) is 0 Å². The molecule has 0 saturated heterocycles. The molecule has 0 amide bonds. The van der Waals surface area contributed by atoms with Gasteiger partial charge in [-0.3, -0.25) is 0 Å². The summed E-state index contributed by atoms with van der Waals surface area (Å²) in [5.74, 6) is 3.51. The van der Waals surface area contributed by atoms with Crippen LogP contribution in [0, 0.1) is 5.92 Å². The largest absolute Gasteiger partial charge is 0.497 e. The summed E-state index contributed by atoms with van der Waals surface area (Å²) in [6, 6.07) is 17.1. The molecule has 2 aromatic rings. The number of benzene rings is 2. The lowest BCUT2D eigenvalue weighted by Crippen LogP contribution is -2.18. The van der Waals surface area contributed by atoms with Crippen molar-refractivity contribution in [3.8, 4) is 11.5 Å². The van der Waals surface area contributed by atoms with Crippen LogP contribution in [0.15, 0.2) is 48.5 Å². The van der Waals surface area contributed by atoms with E-state index in [1.807, 2.05) is 0 Å². The Bertz CT molecular complexity index is 601. The van der Waals surface area contributed by atoms with Crippen LogP contribution in [-0.2, 0) is 0 Å². The quantitative estimate of drug-likeness (QED) is 0.590. The predicted octanol–water partition coefficient (Wildman–Crippen LogP) is 6.03. The Morgan fingerprint density at radius 2 is 1.17 bits per heavy atom. The molecule has 2 aromatic carbocycles. The van der Waals surface area contributed by atoms with Crippen LogP contribution in [0.2, 0.25) is 0 Å². The first kappa shape index (κ1) is 18.4. The number of methoxy groups -OCH3 is 2. The Morgan fingerprint density at radius 3 is 1.54 bits per heavy atom. The van der Waals surface area contributed by atoms with Crippen LogP contribution in [-0.4, -0.2) is 14.2 Å². The van der Waals surface area contributed by atoms with Crippen molar-refractivity contribution < 1.29 is 9.47 Å². The zero-order valence-electron chi connectivity index (χ0n) is 15.6. The van der Waals surface area contributed by atoms with Crippen molar-refractivity contribution >= 4 is 0 Å². The fraction of sp³-hybridized carbons (Fsp3) is 0.455. The van der Waals surface area contributed by atoms with Gasteiger partial charge in [0.25, 0.3) is 0 Å². The average Bonchev–Trinajstić information content (AvgIpc) is 2.65. The maximum absolute atomic E-state index is 5.30. The van der Waals surface area contributed by atoms with E-state index < -0.39 is 0 Å². The molecule has 0 aliphatic carbocycles. The van der Waals surface area contributed by atoms with Crippen molar-refractivity contribution in [2.24, 2.45) is 5.92 Å². The maximum Gasteiger partial charge on any atom is 0.118 e. The lowest BCUT2D eigenvalue weighted by atomic mass is 9.73. The molecule has 130 valence electrons. The molecular weight excluding hydrogens is 296 g/mol. The van der Waals surface area contributed by atoms with E-state index in [1.54, 1.807) is 14.2 Å². The van der Waals surface area contributed by atoms with Crippen LogP contribution >= 0.6 is 0 Å². The monoisotopic (exact) mass is 326 g/mol. The van der Waals surface area contributed by atoms with Crippen molar-refractivity contribution in [1.82, 2.24) is 0 Å². The van der Waals surface area contributed by atoms with Crippen LogP contribution < -0.4 is 9.47 Å². The molecule has 0 spiro atoms. The van der Waals surface area contributed by atoms with E-state index in [9.17, 15) is 0 Å². The Morgan fingerprint density at radius 1 is 0.708 bits per heavy atom. The van der Waals surface area contributed by atoms with Crippen molar-refractivity contribution in [3.63, 3.8) is 0 Å². The first-order valence-corrected chi connectivity index (χ1v) is 8.92. The van der Waals surface area contributed by atoms with Crippen LogP contribution in [0.3, 0.4) is 0 Å². The molecule has 0 aliphatic heterocycles. The summed E-state index contributed by atoms with van der Waals surface area (Å²) < 4.78 is 10.6. The smallest absolute Gasteiger partial charge is 0.118 e. The summed E-state index contributed by atoms with van der Waals surface area (Å²) in [5.41, 5.74) is 2.79. The van der Waals surface area contributed by atoms with Crippen molar-refractivity contribution in [2.75, 3.05) is 14.2 Å². The maximum atomic E-state index is 5.30. The van der Waals surface area contributed by atoms with Crippen LogP contribution in [0.4, 0.5) is 0 Å². The molecule has 0 N–H and O–H groups in total. The summed E-state index contributed by atoms with van der Waals surface area (Å²) in [6.07, 6.45) is 2.31. The number of hydrogen-bond donors (Lipinski definition) is 0. The second kappa shape index (κ2) is 8.77. The third-order valence-corrected chi connectivity index (χ3v) is 5.26.